The SMILES string of the molecule is I.NC(=NCc1ccccc1N1CCOCC1)NCCc1ccccc1. The third-order valence-corrected chi connectivity index (χ3v) is 4.33. The van der Waals surface area contributed by atoms with Gasteiger partial charge < -0.3 is 20.7 Å². The van der Waals surface area contributed by atoms with Gasteiger partial charge in [-0.25, -0.2) is 4.99 Å². The van der Waals surface area contributed by atoms with Crippen LogP contribution in [0.25, 0.3) is 0 Å². The van der Waals surface area contributed by atoms with Gasteiger partial charge in [0, 0.05) is 25.3 Å². The Morgan fingerprint density at radius 1 is 1.04 bits per heavy atom. The van der Waals surface area contributed by atoms with Gasteiger partial charge in [-0.3, -0.25) is 0 Å². The molecule has 1 aliphatic rings. The Balaban J connectivity index is 0.00000243. The van der Waals surface area contributed by atoms with Crippen molar-refractivity contribution in [3.05, 3.63) is 65.7 Å². The Morgan fingerprint density at radius 3 is 2.50 bits per heavy atom. The fourth-order valence-corrected chi connectivity index (χ4v) is 2.96. The summed E-state index contributed by atoms with van der Waals surface area (Å²) in [5.74, 6) is 0.493. The highest BCUT2D eigenvalue weighted by molar-refractivity contribution is 14.0. The van der Waals surface area contributed by atoms with Gasteiger partial charge in [-0.15, -0.1) is 24.0 Å². The number of ether oxygens (including phenoxy) is 1. The van der Waals surface area contributed by atoms with E-state index >= 15 is 0 Å². The van der Waals surface area contributed by atoms with Crippen LogP contribution in [0.5, 0.6) is 0 Å². The van der Waals surface area contributed by atoms with Gasteiger partial charge in [0.05, 0.1) is 19.8 Å². The van der Waals surface area contributed by atoms with Gasteiger partial charge in [-0.2, -0.15) is 0 Å². The van der Waals surface area contributed by atoms with Crippen LogP contribution in [0.1, 0.15) is 11.1 Å². The highest BCUT2D eigenvalue weighted by Gasteiger charge is 2.13. The van der Waals surface area contributed by atoms with Crippen LogP contribution in [0, 0.1) is 0 Å². The number of nitrogens with one attached hydrogen (secondary N) is 1. The third-order valence-electron chi connectivity index (χ3n) is 4.33. The summed E-state index contributed by atoms with van der Waals surface area (Å²) >= 11 is 0. The number of guanidine groups is 1. The van der Waals surface area contributed by atoms with Crippen LogP contribution in [-0.2, 0) is 17.7 Å². The van der Waals surface area contributed by atoms with Crippen molar-refractivity contribution >= 4 is 35.6 Å². The molecule has 0 spiro atoms. The van der Waals surface area contributed by atoms with Gasteiger partial charge in [0.25, 0.3) is 0 Å². The molecule has 0 saturated carbocycles. The Kier molecular flexibility index (Phi) is 8.70. The summed E-state index contributed by atoms with van der Waals surface area (Å²) < 4.78 is 5.44. The summed E-state index contributed by atoms with van der Waals surface area (Å²) in [6.07, 6.45) is 0.932. The molecule has 0 amide bonds. The first-order valence-electron chi connectivity index (χ1n) is 8.81. The van der Waals surface area contributed by atoms with Crippen molar-refractivity contribution in [2.24, 2.45) is 10.7 Å². The fraction of sp³-hybridized carbons (Fsp3) is 0.350. The van der Waals surface area contributed by atoms with Crippen molar-refractivity contribution in [3.63, 3.8) is 0 Å². The Bertz CT molecular complexity index is 687. The number of morpholine rings is 1. The quantitative estimate of drug-likeness (QED) is 0.391. The van der Waals surface area contributed by atoms with Gasteiger partial charge in [-0.1, -0.05) is 48.5 Å². The molecule has 1 saturated heterocycles. The molecule has 0 aliphatic carbocycles. The molecule has 0 unspecified atom stereocenters. The lowest BCUT2D eigenvalue weighted by atomic mass is 10.1. The normalized spacial score (nSPS) is 14.6. The van der Waals surface area contributed by atoms with Crippen molar-refractivity contribution < 1.29 is 4.74 Å². The molecule has 1 aliphatic heterocycles. The molecule has 3 N–H and O–H groups in total. The van der Waals surface area contributed by atoms with E-state index in [2.05, 4.69) is 57.7 Å². The van der Waals surface area contributed by atoms with E-state index in [1.807, 2.05) is 12.1 Å². The Hall–Kier alpha value is -1.80. The number of benzene rings is 2. The van der Waals surface area contributed by atoms with E-state index in [-0.39, 0.29) is 24.0 Å². The van der Waals surface area contributed by atoms with Crippen molar-refractivity contribution in [1.82, 2.24) is 5.32 Å². The lowest BCUT2D eigenvalue weighted by molar-refractivity contribution is 0.122. The average Bonchev–Trinajstić information content (AvgIpc) is 2.68. The largest absolute Gasteiger partial charge is 0.378 e. The summed E-state index contributed by atoms with van der Waals surface area (Å²) in [6, 6.07) is 18.7. The minimum atomic E-state index is 0. The number of nitrogens with zero attached hydrogens (tertiary/aromatic N) is 2. The zero-order chi connectivity index (χ0) is 17.3. The van der Waals surface area contributed by atoms with Crippen molar-refractivity contribution in [2.45, 2.75) is 13.0 Å². The third kappa shape index (κ3) is 6.17. The maximum Gasteiger partial charge on any atom is 0.188 e. The number of rotatable bonds is 6. The molecule has 0 atom stereocenters. The molecule has 0 bridgehead atoms. The van der Waals surface area contributed by atoms with Crippen LogP contribution in [0.15, 0.2) is 59.6 Å². The van der Waals surface area contributed by atoms with E-state index in [0.717, 1.165) is 39.3 Å². The predicted molar refractivity (Wildman–Crippen MR) is 118 cm³/mol. The van der Waals surface area contributed by atoms with Crippen LogP contribution < -0.4 is 16.0 Å². The van der Waals surface area contributed by atoms with Crippen molar-refractivity contribution in [1.29, 1.82) is 0 Å². The van der Waals surface area contributed by atoms with E-state index < -0.39 is 0 Å². The maximum absolute atomic E-state index is 6.02. The first-order valence-corrected chi connectivity index (χ1v) is 8.81. The van der Waals surface area contributed by atoms with Crippen LogP contribution >= 0.6 is 24.0 Å². The van der Waals surface area contributed by atoms with Crippen LogP contribution in [0.3, 0.4) is 0 Å². The minimum absolute atomic E-state index is 0. The summed E-state index contributed by atoms with van der Waals surface area (Å²) in [7, 11) is 0. The van der Waals surface area contributed by atoms with Gasteiger partial charge in [-0.05, 0) is 23.6 Å². The monoisotopic (exact) mass is 466 g/mol. The summed E-state index contributed by atoms with van der Waals surface area (Å²) in [4.78, 5) is 6.86. The molecule has 3 rings (SSSR count). The zero-order valence-electron chi connectivity index (χ0n) is 14.9. The molecule has 5 nitrogen and oxygen atoms in total. The highest BCUT2D eigenvalue weighted by atomic mass is 127. The molecule has 6 heteroatoms. The Labute approximate surface area is 172 Å². The second kappa shape index (κ2) is 11.0. The number of anilines is 1. The van der Waals surface area contributed by atoms with Crippen LogP contribution in [0.4, 0.5) is 5.69 Å². The van der Waals surface area contributed by atoms with Gasteiger partial charge >= 0.3 is 0 Å². The fourth-order valence-electron chi connectivity index (χ4n) is 2.96. The maximum atomic E-state index is 6.02. The van der Waals surface area contributed by atoms with Crippen molar-refractivity contribution in [2.75, 3.05) is 37.7 Å². The topological polar surface area (TPSA) is 62.9 Å². The lowest BCUT2D eigenvalue weighted by Crippen LogP contribution is -2.37. The minimum Gasteiger partial charge on any atom is -0.378 e. The Morgan fingerprint density at radius 2 is 1.73 bits per heavy atom. The van der Waals surface area contributed by atoms with Crippen molar-refractivity contribution in [3.8, 4) is 0 Å². The number of hydrogen-bond acceptors (Lipinski definition) is 3. The van der Waals surface area contributed by atoms with E-state index in [1.54, 1.807) is 0 Å². The van der Waals surface area contributed by atoms with E-state index in [9.17, 15) is 0 Å². The summed E-state index contributed by atoms with van der Waals surface area (Å²) in [6.45, 7) is 4.76. The molecule has 0 aromatic heterocycles. The predicted octanol–water partition coefficient (Wildman–Crippen LogP) is 2.79. The zero-order valence-corrected chi connectivity index (χ0v) is 17.3. The highest BCUT2D eigenvalue weighted by Crippen LogP contribution is 2.22. The van der Waals surface area contributed by atoms with Gasteiger partial charge in [0.2, 0.25) is 0 Å². The number of aliphatic imine (C=N–C) groups is 1. The first-order chi connectivity index (χ1) is 12.3. The molecule has 0 radical (unpaired) electrons. The molecule has 26 heavy (non-hydrogen) atoms. The van der Waals surface area contributed by atoms with Gasteiger partial charge in [0.15, 0.2) is 5.96 Å². The first kappa shape index (κ1) is 20.5. The van der Waals surface area contributed by atoms with E-state index in [1.165, 1.54) is 16.8 Å². The van der Waals surface area contributed by atoms with E-state index in [4.69, 9.17) is 10.5 Å². The smallest absolute Gasteiger partial charge is 0.188 e. The van der Waals surface area contributed by atoms with Crippen LogP contribution in [0.2, 0.25) is 0 Å². The number of nitrogens with two attached hydrogens (primary N) is 1. The molecular formula is C20H27IN4O. The number of para-hydroxylation sites is 1. The molecule has 2 aromatic rings. The molecule has 2 aromatic carbocycles. The molecule has 1 fully saturated rings. The summed E-state index contributed by atoms with van der Waals surface area (Å²) in [5, 5.41) is 3.19. The summed E-state index contributed by atoms with van der Waals surface area (Å²) in [5.41, 5.74) is 9.73. The number of halogens is 1. The van der Waals surface area contributed by atoms with Gasteiger partial charge in [0.1, 0.15) is 0 Å². The second-order valence-corrected chi connectivity index (χ2v) is 6.09. The van der Waals surface area contributed by atoms with Crippen LogP contribution in [-0.4, -0.2) is 38.8 Å². The molecule has 1 heterocycles. The van der Waals surface area contributed by atoms with E-state index in [0.29, 0.717) is 12.5 Å². The second-order valence-electron chi connectivity index (χ2n) is 6.09. The average molecular weight is 466 g/mol. The molecular weight excluding hydrogens is 439 g/mol. The standard InChI is InChI=1S/C20H26N4O.HI/c21-20(22-11-10-17-6-2-1-3-7-17)23-16-18-8-4-5-9-19(18)24-12-14-25-15-13-24;/h1-9H,10-16H2,(H3,21,22,23);1H. The lowest BCUT2D eigenvalue weighted by Gasteiger charge is -2.30. The molecule has 140 valence electrons. The number of hydrogen-bond donors (Lipinski definition) is 2.